The molecule has 2 atom stereocenters. The van der Waals surface area contributed by atoms with E-state index in [1.807, 2.05) is 0 Å². The van der Waals surface area contributed by atoms with E-state index < -0.39 is 5.97 Å². The Bertz CT molecular complexity index is 817. The second kappa shape index (κ2) is 9.11. The molecule has 0 spiro atoms. The summed E-state index contributed by atoms with van der Waals surface area (Å²) < 4.78 is 11.2. The number of hydrogen-bond donors (Lipinski definition) is 2. The maximum atomic E-state index is 12.9. The molecule has 0 saturated carbocycles. The van der Waals surface area contributed by atoms with Gasteiger partial charge < -0.3 is 24.8 Å². The topological polar surface area (TPSA) is 108 Å². The van der Waals surface area contributed by atoms with Gasteiger partial charge in [-0.1, -0.05) is 0 Å². The highest BCUT2D eigenvalue weighted by Gasteiger charge is 2.35. The van der Waals surface area contributed by atoms with Crippen LogP contribution in [0.5, 0.6) is 0 Å². The molecule has 1 aromatic rings. The van der Waals surface area contributed by atoms with E-state index in [0.29, 0.717) is 31.1 Å². The van der Waals surface area contributed by atoms with Crippen LogP contribution in [0.15, 0.2) is 18.2 Å². The first-order valence-electron chi connectivity index (χ1n) is 10.4. The lowest BCUT2D eigenvalue weighted by atomic mass is 10.1. The molecule has 4 rings (SSSR count). The molecule has 0 bridgehead atoms. The van der Waals surface area contributed by atoms with Crippen LogP contribution in [0.3, 0.4) is 0 Å². The highest BCUT2D eigenvalue weighted by molar-refractivity contribution is 6.12. The summed E-state index contributed by atoms with van der Waals surface area (Å²) in [6.45, 7) is 2.32. The molecule has 3 aliphatic heterocycles. The van der Waals surface area contributed by atoms with Crippen molar-refractivity contribution in [3.8, 4) is 0 Å². The number of aromatic carboxylic acids is 1. The Balaban J connectivity index is 1.52. The average molecular weight is 417 g/mol. The van der Waals surface area contributed by atoms with Crippen LogP contribution in [0.2, 0.25) is 0 Å². The van der Waals surface area contributed by atoms with Gasteiger partial charge in [0.15, 0.2) is 0 Å². The van der Waals surface area contributed by atoms with E-state index >= 15 is 0 Å². The van der Waals surface area contributed by atoms with Crippen LogP contribution in [-0.4, -0.2) is 74.5 Å². The second-order valence-electron chi connectivity index (χ2n) is 7.89. The molecule has 0 aromatic heterocycles. The number of fused-ring (bicyclic) bond motifs is 1. The van der Waals surface area contributed by atoms with Gasteiger partial charge >= 0.3 is 5.97 Å². The third-order valence-corrected chi connectivity index (χ3v) is 5.78. The smallest absolute Gasteiger partial charge is 0.335 e. The molecule has 2 N–H and O–H groups in total. The predicted molar refractivity (Wildman–Crippen MR) is 109 cm³/mol. The number of nitrogens with one attached hydrogen (secondary N) is 1. The predicted octanol–water partition coefficient (Wildman–Crippen LogP) is 1.01. The number of benzene rings is 1. The van der Waals surface area contributed by atoms with Gasteiger partial charge in [0.05, 0.1) is 42.2 Å². The van der Waals surface area contributed by atoms with Gasteiger partial charge in [0, 0.05) is 19.8 Å². The summed E-state index contributed by atoms with van der Waals surface area (Å²) in [5, 5.41) is 12.5. The Labute approximate surface area is 174 Å². The lowest BCUT2D eigenvalue weighted by molar-refractivity contribution is -0.122. The zero-order chi connectivity index (χ0) is 21.1. The maximum absolute atomic E-state index is 12.9. The van der Waals surface area contributed by atoms with Crippen molar-refractivity contribution in [2.24, 2.45) is 0 Å². The van der Waals surface area contributed by atoms with E-state index in [0.717, 1.165) is 32.3 Å². The van der Waals surface area contributed by atoms with E-state index in [1.54, 1.807) is 11.0 Å². The normalized spacial score (nSPS) is 23.7. The highest BCUT2D eigenvalue weighted by atomic mass is 16.5. The summed E-state index contributed by atoms with van der Waals surface area (Å²) in [5.74, 6) is -1.56. The van der Waals surface area contributed by atoms with Crippen LogP contribution in [0.4, 0.5) is 11.4 Å². The molecule has 2 saturated heterocycles. The molecule has 1 aromatic carbocycles. The number of rotatable bonds is 7. The van der Waals surface area contributed by atoms with Gasteiger partial charge in [-0.15, -0.1) is 0 Å². The van der Waals surface area contributed by atoms with Crippen LogP contribution in [0.25, 0.3) is 0 Å². The van der Waals surface area contributed by atoms with Crippen molar-refractivity contribution < 1.29 is 29.0 Å². The second-order valence-corrected chi connectivity index (χ2v) is 7.89. The van der Waals surface area contributed by atoms with Gasteiger partial charge in [-0.25, -0.2) is 4.79 Å². The van der Waals surface area contributed by atoms with Crippen molar-refractivity contribution >= 4 is 29.2 Å². The molecule has 3 heterocycles. The SMILES string of the molecule is O=C(O)c1ccc2c(c1)N(C(=O)CNCC1CCCO1)CC(=O)N2CC1CCCO1. The third kappa shape index (κ3) is 4.48. The summed E-state index contributed by atoms with van der Waals surface area (Å²) in [4.78, 5) is 40.2. The van der Waals surface area contributed by atoms with E-state index in [9.17, 15) is 19.5 Å². The molecule has 2 amide bonds. The lowest BCUT2D eigenvalue weighted by Crippen LogP contribution is -2.52. The molecule has 30 heavy (non-hydrogen) atoms. The number of anilines is 2. The van der Waals surface area contributed by atoms with Gasteiger partial charge in [-0.05, 0) is 43.9 Å². The van der Waals surface area contributed by atoms with Crippen LogP contribution in [0, 0.1) is 0 Å². The highest BCUT2D eigenvalue weighted by Crippen LogP contribution is 2.35. The number of carbonyl (C=O) groups is 3. The number of carboxylic acids is 1. The van der Waals surface area contributed by atoms with Crippen LogP contribution < -0.4 is 15.1 Å². The standard InChI is InChI=1S/C21H27N3O6/c25-19(11-22-10-15-3-1-7-29-15)24-13-20(26)23(12-16-4-2-8-30-16)17-6-5-14(21(27)28)9-18(17)24/h5-6,9,15-16,22H,1-4,7-8,10-13H2,(H,27,28). The Morgan fingerprint density at radius 1 is 1.10 bits per heavy atom. The Morgan fingerprint density at radius 3 is 2.50 bits per heavy atom. The van der Waals surface area contributed by atoms with E-state index in [-0.39, 0.29) is 42.7 Å². The number of carbonyl (C=O) groups excluding carboxylic acids is 2. The first-order valence-corrected chi connectivity index (χ1v) is 10.4. The van der Waals surface area contributed by atoms with E-state index in [4.69, 9.17) is 9.47 Å². The molecular weight excluding hydrogens is 390 g/mol. The molecule has 2 unspecified atom stereocenters. The van der Waals surface area contributed by atoms with Gasteiger partial charge in [-0.2, -0.15) is 0 Å². The summed E-state index contributed by atoms with van der Waals surface area (Å²) in [7, 11) is 0. The molecule has 9 heteroatoms. The van der Waals surface area contributed by atoms with Crippen molar-refractivity contribution in [2.45, 2.75) is 37.9 Å². The summed E-state index contributed by atoms with van der Waals surface area (Å²) >= 11 is 0. The minimum atomic E-state index is -1.08. The molecule has 162 valence electrons. The molecule has 9 nitrogen and oxygen atoms in total. The van der Waals surface area contributed by atoms with Crippen LogP contribution in [0.1, 0.15) is 36.0 Å². The Kier molecular flexibility index (Phi) is 6.31. The van der Waals surface area contributed by atoms with Crippen LogP contribution >= 0.6 is 0 Å². The fourth-order valence-electron chi connectivity index (χ4n) is 4.20. The fraction of sp³-hybridized carbons (Fsp3) is 0.571. The average Bonchev–Trinajstić information content (AvgIpc) is 3.43. The number of hydrogen-bond acceptors (Lipinski definition) is 6. The first-order chi connectivity index (χ1) is 14.5. The van der Waals surface area contributed by atoms with Crippen molar-refractivity contribution in [1.82, 2.24) is 5.32 Å². The van der Waals surface area contributed by atoms with Gasteiger partial charge in [-0.3, -0.25) is 14.5 Å². The van der Waals surface area contributed by atoms with Gasteiger partial charge in [0.1, 0.15) is 6.54 Å². The minimum Gasteiger partial charge on any atom is -0.478 e. The number of amides is 2. The molecular formula is C21H27N3O6. The third-order valence-electron chi connectivity index (χ3n) is 5.78. The minimum absolute atomic E-state index is 0.0451. The van der Waals surface area contributed by atoms with Gasteiger partial charge in [0.25, 0.3) is 0 Å². The number of carboxylic acid groups (broad SMARTS) is 1. The summed E-state index contributed by atoms with van der Waals surface area (Å²) in [5.41, 5.74) is 1.06. The number of ether oxygens (including phenoxy) is 2. The van der Waals surface area contributed by atoms with Crippen LogP contribution in [-0.2, 0) is 19.1 Å². The quantitative estimate of drug-likeness (QED) is 0.682. The monoisotopic (exact) mass is 417 g/mol. The molecule has 2 fully saturated rings. The molecule has 0 aliphatic carbocycles. The van der Waals surface area contributed by atoms with Gasteiger partial charge in [0.2, 0.25) is 11.8 Å². The summed E-state index contributed by atoms with van der Waals surface area (Å²) in [6.07, 6.45) is 3.88. The molecule has 0 radical (unpaired) electrons. The maximum Gasteiger partial charge on any atom is 0.335 e. The van der Waals surface area contributed by atoms with E-state index in [1.165, 1.54) is 17.0 Å². The summed E-state index contributed by atoms with van der Waals surface area (Å²) in [6, 6.07) is 4.52. The van der Waals surface area contributed by atoms with Crippen molar-refractivity contribution in [3.63, 3.8) is 0 Å². The number of nitrogens with zero attached hydrogens (tertiary/aromatic N) is 2. The fourth-order valence-corrected chi connectivity index (χ4v) is 4.20. The van der Waals surface area contributed by atoms with Crippen molar-refractivity contribution in [3.05, 3.63) is 23.8 Å². The first kappa shape index (κ1) is 20.8. The lowest BCUT2D eigenvalue weighted by Gasteiger charge is -2.37. The largest absolute Gasteiger partial charge is 0.478 e. The molecule has 3 aliphatic rings. The van der Waals surface area contributed by atoms with E-state index in [2.05, 4.69) is 5.32 Å². The van der Waals surface area contributed by atoms with Crippen molar-refractivity contribution in [1.29, 1.82) is 0 Å². The zero-order valence-electron chi connectivity index (χ0n) is 16.8. The Hall–Kier alpha value is -2.49. The zero-order valence-corrected chi connectivity index (χ0v) is 16.8. The van der Waals surface area contributed by atoms with Crippen molar-refractivity contribution in [2.75, 3.05) is 49.2 Å². The Morgan fingerprint density at radius 2 is 1.83 bits per heavy atom.